The first-order valence-corrected chi connectivity index (χ1v) is 29.6. The number of hydrogen-bond acceptors (Lipinski definition) is 10. The fourth-order valence-corrected chi connectivity index (χ4v) is 14.0. The van der Waals surface area contributed by atoms with E-state index in [1.807, 2.05) is 39.8 Å². The third-order valence-corrected chi connectivity index (χ3v) is 18.3. The standard InChI is InChI=1S/C64H73F5N10O6/c1-35(2)55(74-62(82)84-5)60(80)77-25-13-19-53(77)58-70-47-31-41(43(65)33-49(47)72-58)51-21-22-52(42-32-48-50(34-44(42)66)73-59(71-48)54-20-14-26-78(54)61(81)56(36(3)4)75-63(83)85-6)79(51)40-29-45(67)57(46(68)30-40)76-27-23-39(24-28-76)64(69,37-15-9-7-10-16-37)38-17-11-8-12-18-38/h7-12,15-18,29-31,33-36,39,42,51-56H,13-14,19-28,32H2,1-6H3,(H,70,72)(H,71,73)(H,74,82)(H,75,83)/t42?,51-,52-,53+,54+,55+,56+/m1/s1. The lowest BCUT2D eigenvalue weighted by Gasteiger charge is -2.41. The van der Waals surface area contributed by atoms with E-state index in [0.29, 0.717) is 96.8 Å². The maximum Gasteiger partial charge on any atom is 0.407 e. The number of ether oxygens (including phenoxy) is 2. The van der Waals surface area contributed by atoms with Crippen LogP contribution in [0.3, 0.4) is 0 Å². The number of carbonyl (C=O) groups excluding carboxylic acids is 4. The molecule has 7 atom stereocenters. The summed E-state index contributed by atoms with van der Waals surface area (Å²) in [4.78, 5) is 75.8. The van der Waals surface area contributed by atoms with Gasteiger partial charge in [0.15, 0.2) is 17.3 Å². The minimum absolute atomic E-state index is 0.0644. The largest absolute Gasteiger partial charge is 0.453 e. The highest BCUT2D eigenvalue weighted by Crippen LogP contribution is 2.50. The van der Waals surface area contributed by atoms with Crippen LogP contribution in [0, 0.1) is 41.1 Å². The Hall–Kier alpha value is -7.97. The number of imidazole rings is 2. The number of hydrogen-bond donors (Lipinski definition) is 4. The lowest BCUT2D eigenvalue weighted by atomic mass is 9.73. The monoisotopic (exact) mass is 1170 g/mol. The molecule has 4 N–H and O–H groups in total. The number of nitrogens with one attached hydrogen (secondary N) is 4. The van der Waals surface area contributed by atoms with E-state index in [2.05, 4.69) is 20.6 Å². The molecule has 0 radical (unpaired) electrons. The maximum atomic E-state index is 17.8. The molecule has 0 spiro atoms. The van der Waals surface area contributed by atoms with Crippen molar-refractivity contribution in [2.45, 2.75) is 127 Å². The summed E-state index contributed by atoms with van der Waals surface area (Å²) in [5.74, 6) is -4.59. The average Bonchev–Trinajstić information content (AvgIpc) is 2.12. The highest BCUT2D eigenvalue weighted by molar-refractivity contribution is 5.87. The third-order valence-electron chi connectivity index (χ3n) is 18.3. The molecular formula is C64H73F5N10O6. The van der Waals surface area contributed by atoms with Crippen molar-refractivity contribution < 1.29 is 50.6 Å². The molecule has 450 valence electrons. The summed E-state index contributed by atoms with van der Waals surface area (Å²) in [6, 6.07) is 18.9. The van der Waals surface area contributed by atoms with Crippen LogP contribution in [0.1, 0.15) is 137 Å². The molecule has 1 unspecified atom stereocenters. The second kappa shape index (κ2) is 24.2. The highest BCUT2D eigenvalue weighted by Gasteiger charge is 2.47. The fraction of sp³-hybridized carbons (Fsp3) is 0.469. The van der Waals surface area contributed by atoms with E-state index in [0.717, 1.165) is 0 Å². The molecule has 1 aliphatic carbocycles. The zero-order chi connectivity index (χ0) is 60.0. The summed E-state index contributed by atoms with van der Waals surface area (Å²) in [7, 11) is 2.45. The van der Waals surface area contributed by atoms with Crippen LogP contribution < -0.4 is 20.4 Å². The number of likely N-dealkylation sites (tertiary alicyclic amines) is 2. The number of alkyl carbamates (subject to hydrolysis) is 2. The van der Waals surface area contributed by atoms with Crippen LogP contribution in [-0.4, -0.2) is 112 Å². The number of methoxy groups -OCH3 is 2. The van der Waals surface area contributed by atoms with Crippen LogP contribution in [0.15, 0.2) is 90.8 Å². The van der Waals surface area contributed by atoms with Gasteiger partial charge in [0.1, 0.15) is 41.1 Å². The fourth-order valence-electron chi connectivity index (χ4n) is 14.0. The molecule has 4 saturated heterocycles. The van der Waals surface area contributed by atoms with E-state index in [1.165, 1.54) is 38.5 Å². The Morgan fingerprint density at radius 3 is 1.72 bits per heavy atom. The van der Waals surface area contributed by atoms with Crippen molar-refractivity contribution in [2.75, 3.05) is 50.2 Å². The predicted octanol–water partition coefficient (Wildman–Crippen LogP) is 11.8. The summed E-state index contributed by atoms with van der Waals surface area (Å²) < 4.78 is 96.1. The molecule has 2 aromatic heterocycles. The zero-order valence-electron chi connectivity index (χ0n) is 48.6. The molecule has 4 aliphatic heterocycles. The van der Waals surface area contributed by atoms with Gasteiger partial charge >= 0.3 is 12.2 Å². The number of piperidine rings is 1. The minimum atomic E-state index is -1.86. The SMILES string of the molecule is COC(=O)N[C@H](C(=O)N1CCC[C@H]1c1nc2c([nH]1)C=C(F)C([C@H]1CC[C@H](c3cc4nc([C@@H]5CCCN5C(=O)[C@@H](NC(=O)OC)C(C)C)[nH]c4cc3F)N1c1cc(F)c(N3CCC(C(F)(c4ccccc4)c4ccccc4)CC3)c(F)c1)C2)C(C)C. The van der Waals surface area contributed by atoms with Gasteiger partial charge in [-0.15, -0.1) is 0 Å². The number of fused-ring (bicyclic) bond motifs is 2. The Morgan fingerprint density at radius 1 is 0.647 bits per heavy atom. The van der Waals surface area contributed by atoms with Gasteiger partial charge in [-0.2, -0.15) is 0 Å². The van der Waals surface area contributed by atoms with Gasteiger partial charge in [0.05, 0.1) is 54.8 Å². The van der Waals surface area contributed by atoms with E-state index < -0.39 is 89.2 Å². The number of H-pyrrole nitrogens is 2. The van der Waals surface area contributed by atoms with Crippen LogP contribution in [0.5, 0.6) is 0 Å². The van der Waals surface area contributed by atoms with Crippen molar-refractivity contribution >= 4 is 52.5 Å². The van der Waals surface area contributed by atoms with Crippen LogP contribution in [0.25, 0.3) is 17.1 Å². The van der Waals surface area contributed by atoms with Crippen molar-refractivity contribution in [3.05, 3.63) is 148 Å². The average molecular weight is 1170 g/mol. The van der Waals surface area contributed by atoms with Gasteiger partial charge in [-0.25, -0.2) is 41.5 Å². The van der Waals surface area contributed by atoms with E-state index in [4.69, 9.17) is 19.4 Å². The first kappa shape index (κ1) is 58.8. The topological polar surface area (TPSA) is 181 Å². The van der Waals surface area contributed by atoms with Crippen LogP contribution in [0.2, 0.25) is 0 Å². The number of anilines is 2. The molecule has 85 heavy (non-hydrogen) atoms. The van der Waals surface area contributed by atoms with Crippen molar-refractivity contribution in [3.8, 4) is 0 Å². The molecule has 16 nitrogen and oxygen atoms in total. The number of rotatable bonds is 15. The lowest BCUT2D eigenvalue weighted by molar-refractivity contribution is -0.136. The number of aromatic amines is 2. The Labute approximate surface area is 490 Å². The summed E-state index contributed by atoms with van der Waals surface area (Å²) in [6.45, 7) is 8.41. The van der Waals surface area contributed by atoms with Gasteiger partial charge < -0.3 is 49.7 Å². The molecule has 5 aliphatic rings. The molecule has 21 heteroatoms. The number of aromatic nitrogens is 4. The number of benzene rings is 4. The molecule has 0 saturated carbocycles. The van der Waals surface area contributed by atoms with Gasteiger partial charge in [-0.3, -0.25) is 9.59 Å². The van der Waals surface area contributed by atoms with E-state index in [1.54, 1.807) is 74.2 Å². The molecule has 4 aromatic carbocycles. The van der Waals surface area contributed by atoms with E-state index in [9.17, 15) is 19.2 Å². The quantitative estimate of drug-likeness (QED) is 0.0723. The Morgan fingerprint density at radius 2 is 1.19 bits per heavy atom. The van der Waals surface area contributed by atoms with Crippen molar-refractivity contribution in [3.63, 3.8) is 0 Å². The minimum Gasteiger partial charge on any atom is -0.453 e. The summed E-state index contributed by atoms with van der Waals surface area (Å²) >= 11 is 0. The van der Waals surface area contributed by atoms with Crippen LogP contribution >= 0.6 is 0 Å². The van der Waals surface area contributed by atoms with Gasteiger partial charge in [0, 0.05) is 61.7 Å². The molecule has 0 bridgehead atoms. The van der Waals surface area contributed by atoms with Gasteiger partial charge in [0.25, 0.3) is 0 Å². The smallest absolute Gasteiger partial charge is 0.407 e. The van der Waals surface area contributed by atoms with E-state index >= 15 is 22.0 Å². The second-order valence-electron chi connectivity index (χ2n) is 24.0. The molecule has 11 rings (SSSR count). The summed E-state index contributed by atoms with van der Waals surface area (Å²) in [5.41, 5.74) is 0.814. The molecule has 4 fully saturated rings. The summed E-state index contributed by atoms with van der Waals surface area (Å²) in [6.07, 6.45) is 3.52. The molecule has 6 aromatic rings. The van der Waals surface area contributed by atoms with Gasteiger partial charge in [-0.1, -0.05) is 88.4 Å². The Balaban J connectivity index is 0.912. The van der Waals surface area contributed by atoms with E-state index in [-0.39, 0.29) is 72.9 Å². The molecule has 6 heterocycles. The van der Waals surface area contributed by atoms with Crippen molar-refractivity contribution in [1.29, 1.82) is 0 Å². The normalized spacial score (nSPS) is 21.8. The summed E-state index contributed by atoms with van der Waals surface area (Å²) in [5, 5.41) is 5.32. The number of nitrogens with zero attached hydrogens (tertiary/aromatic N) is 6. The molecule has 4 amide bonds. The van der Waals surface area contributed by atoms with Gasteiger partial charge in [-0.05, 0) is 105 Å². The van der Waals surface area contributed by atoms with Crippen LogP contribution in [0.4, 0.5) is 42.9 Å². The van der Waals surface area contributed by atoms with Crippen LogP contribution in [-0.2, 0) is 31.2 Å². The second-order valence-corrected chi connectivity index (χ2v) is 24.0. The highest BCUT2D eigenvalue weighted by atomic mass is 19.2. The number of alkyl halides is 1. The van der Waals surface area contributed by atoms with Gasteiger partial charge in [0.2, 0.25) is 11.8 Å². The number of amides is 4. The number of carbonyl (C=O) groups is 4. The Kier molecular flexibility index (Phi) is 16.7. The zero-order valence-corrected chi connectivity index (χ0v) is 48.6. The lowest BCUT2D eigenvalue weighted by Crippen LogP contribution is -2.51. The van der Waals surface area contributed by atoms with Crippen molar-refractivity contribution in [2.24, 2.45) is 23.7 Å². The Bertz CT molecular complexity index is 3420. The first-order chi connectivity index (χ1) is 40.9. The molecular weight excluding hydrogens is 1100 g/mol. The predicted molar refractivity (Wildman–Crippen MR) is 311 cm³/mol. The van der Waals surface area contributed by atoms with Crippen molar-refractivity contribution in [1.82, 2.24) is 40.4 Å². The number of halogens is 5. The third kappa shape index (κ3) is 11.2. The first-order valence-electron chi connectivity index (χ1n) is 29.6. The maximum absolute atomic E-state index is 17.8.